The van der Waals surface area contributed by atoms with E-state index in [1.807, 2.05) is 0 Å². The van der Waals surface area contributed by atoms with Crippen molar-refractivity contribution in [1.29, 1.82) is 0 Å². The molecular weight excluding hydrogens is 355 g/mol. The van der Waals surface area contributed by atoms with E-state index in [4.69, 9.17) is 0 Å². The van der Waals surface area contributed by atoms with Crippen LogP contribution in [0.2, 0.25) is 0 Å². The van der Waals surface area contributed by atoms with Gasteiger partial charge in [-0.15, -0.1) is 0 Å². The molecule has 0 spiro atoms. The van der Waals surface area contributed by atoms with Crippen molar-refractivity contribution in [1.82, 2.24) is 10.7 Å². The first-order valence-corrected chi connectivity index (χ1v) is 8.33. The van der Waals surface area contributed by atoms with E-state index in [0.717, 1.165) is 6.07 Å². The first-order valence-electron chi connectivity index (χ1n) is 7.39. The maximum atomic E-state index is 12.8. The number of hydrazine groups is 1. The Balaban J connectivity index is 1.72. The van der Waals surface area contributed by atoms with Crippen LogP contribution in [0.5, 0.6) is 0 Å². The van der Waals surface area contributed by atoms with Crippen LogP contribution >= 0.6 is 11.3 Å². The number of carbonyl (C=O) groups is 2. The van der Waals surface area contributed by atoms with Crippen LogP contribution in [0.15, 0.2) is 41.1 Å². The van der Waals surface area contributed by atoms with E-state index in [2.05, 4.69) is 16.2 Å². The molecule has 0 atom stereocenters. The SMILES string of the molecule is O=C(CCCNC(=O)c1ccsc1)NNc1ccccc1C(F)(F)F. The number of para-hydroxylation sites is 1. The molecule has 0 aliphatic rings. The number of amides is 2. The zero-order valence-corrected chi connectivity index (χ0v) is 13.8. The van der Waals surface area contributed by atoms with Crippen LogP contribution in [0.3, 0.4) is 0 Å². The minimum absolute atomic E-state index is 0.0606. The molecule has 0 aliphatic carbocycles. The van der Waals surface area contributed by atoms with Gasteiger partial charge in [0.2, 0.25) is 5.91 Å². The Hall–Kier alpha value is -2.55. The third kappa shape index (κ3) is 5.79. The molecule has 5 nitrogen and oxygen atoms in total. The fourth-order valence-corrected chi connectivity index (χ4v) is 2.62. The predicted octanol–water partition coefficient (Wildman–Crippen LogP) is 3.42. The number of thiophene rings is 1. The summed E-state index contributed by atoms with van der Waals surface area (Å²) in [7, 11) is 0. The molecule has 9 heteroatoms. The van der Waals surface area contributed by atoms with Gasteiger partial charge in [0.1, 0.15) is 0 Å². The molecule has 1 heterocycles. The zero-order chi connectivity index (χ0) is 18.3. The van der Waals surface area contributed by atoms with Crippen molar-refractivity contribution in [3.63, 3.8) is 0 Å². The molecule has 0 saturated heterocycles. The second-order valence-electron chi connectivity index (χ2n) is 5.09. The van der Waals surface area contributed by atoms with Gasteiger partial charge in [0.15, 0.2) is 0 Å². The molecule has 1 aromatic heterocycles. The van der Waals surface area contributed by atoms with Gasteiger partial charge in [-0.05, 0) is 30.0 Å². The van der Waals surface area contributed by atoms with Crippen LogP contribution in [-0.4, -0.2) is 18.4 Å². The average Bonchev–Trinajstić information content (AvgIpc) is 3.11. The second kappa shape index (κ2) is 8.52. The van der Waals surface area contributed by atoms with Gasteiger partial charge in [0.05, 0.1) is 11.3 Å². The molecule has 134 valence electrons. The highest BCUT2D eigenvalue weighted by molar-refractivity contribution is 7.08. The van der Waals surface area contributed by atoms with Crippen molar-refractivity contribution in [3.05, 3.63) is 52.2 Å². The molecule has 0 fully saturated rings. The van der Waals surface area contributed by atoms with E-state index in [-0.39, 0.29) is 18.0 Å². The van der Waals surface area contributed by atoms with Crippen molar-refractivity contribution in [2.45, 2.75) is 19.0 Å². The van der Waals surface area contributed by atoms with Gasteiger partial charge in [0, 0.05) is 23.9 Å². The van der Waals surface area contributed by atoms with Crippen LogP contribution in [0, 0.1) is 0 Å². The van der Waals surface area contributed by atoms with Crippen molar-refractivity contribution < 1.29 is 22.8 Å². The minimum Gasteiger partial charge on any atom is -0.352 e. The number of hydrogen-bond donors (Lipinski definition) is 3. The molecule has 0 aliphatic heterocycles. The molecule has 1 aromatic carbocycles. The van der Waals surface area contributed by atoms with E-state index in [1.165, 1.54) is 29.5 Å². The summed E-state index contributed by atoms with van der Waals surface area (Å²) in [4.78, 5) is 23.4. The van der Waals surface area contributed by atoms with Crippen LogP contribution < -0.4 is 16.2 Å². The topological polar surface area (TPSA) is 70.2 Å². The van der Waals surface area contributed by atoms with Gasteiger partial charge >= 0.3 is 6.18 Å². The summed E-state index contributed by atoms with van der Waals surface area (Å²) in [5, 5.41) is 6.16. The summed E-state index contributed by atoms with van der Waals surface area (Å²) in [5.41, 5.74) is 3.98. The van der Waals surface area contributed by atoms with Gasteiger partial charge in [-0.2, -0.15) is 24.5 Å². The maximum absolute atomic E-state index is 12.8. The first kappa shape index (κ1) is 18.8. The first-order chi connectivity index (χ1) is 11.9. The van der Waals surface area contributed by atoms with Gasteiger partial charge < -0.3 is 5.32 Å². The average molecular weight is 371 g/mol. The third-order valence-corrected chi connectivity index (χ3v) is 3.90. The Morgan fingerprint density at radius 3 is 2.56 bits per heavy atom. The van der Waals surface area contributed by atoms with Crippen molar-refractivity contribution in [3.8, 4) is 0 Å². The fraction of sp³-hybridized carbons (Fsp3) is 0.250. The molecule has 0 saturated carbocycles. The zero-order valence-electron chi connectivity index (χ0n) is 13.0. The Labute approximate surface area is 146 Å². The monoisotopic (exact) mass is 371 g/mol. The molecule has 2 rings (SSSR count). The highest BCUT2D eigenvalue weighted by Gasteiger charge is 2.33. The number of anilines is 1. The van der Waals surface area contributed by atoms with E-state index < -0.39 is 17.6 Å². The summed E-state index contributed by atoms with van der Waals surface area (Å²) in [5.74, 6) is -0.694. The van der Waals surface area contributed by atoms with E-state index in [0.29, 0.717) is 18.5 Å². The van der Waals surface area contributed by atoms with E-state index in [1.54, 1.807) is 16.8 Å². The second-order valence-corrected chi connectivity index (χ2v) is 5.87. The Morgan fingerprint density at radius 2 is 1.88 bits per heavy atom. The van der Waals surface area contributed by atoms with Crippen LogP contribution in [0.25, 0.3) is 0 Å². The molecule has 2 aromatic rings. The lowest BCUT2D eigenvalue weighted by molar-refractivity contribution is -0.137. The predicted molar refractivity (Wildman–Crippen MR) is 89.1 cm³/mol. The summed E-state index contributed by atoms with van der Waals surface area (Å²) in [6.07, 6.45) is -4.09. The lowest BCUT2D eigenvalue weighted by Crippen LogP contribution is -2.31. The summed E-state index contributed by atoms with van der Waals surface area (Å²) >= 11 is 1.41. The quantitative estimate of drug-likeness (QED) is 0.516. The Bertz CT molecular complexity index is 718. The largest absolute Gasteiger partial charge is 0.418 e. The highest BCUT2D eigenvalue weighted by Crippen LogP contribution is 2.34. The normalized spacial score (nSPS) is 11.0. The van der Waals surface area contributed by atoms with Crippen molar-refractivity contribution >= 4 is 28.8 Å². The molecule has 2 amide bonds. The van der Waals surface area contributed by atoms with Gasteiger partial charge in [-0.3, -0.25) is 20.4 Å². The number of nitrogens with one attached hydrogen (secondary N) is 3. The van der Waals surface area contributed by atoms with E-state index in [9.17, 15) is 22.8 Å². The number of benzene rings is 1. The van der Waals surface area contributed by atoms with Gasteiger partial charge in [-0.1, -0.05) is 12.1 Å². The van der Waals surface area contributed by atoms with Crippen LogP contribution in [-0.2, 0) is 11.0 Å². The molecule has 3 N–H and O–H groups in total. The smallest absolute Gasteiger partial charge is 0.352 e. The molecule has 25 heavy (non-hydrogen) atoms. The van der Waals surface area contributed by atoms with Gasteiger partial charge in [-0.25, -0.2) is 0 Å². The number of rotatable bonds is 7. The molecular formula is C16H16F3N3O2S. The molecule has 0 radical (unpaired) electrons. The van der Waals surface area contributed by atoms with Crippen molar-refractivity contribution in [2.75, 3.05) is 12.0 Å². The fourth-order valence-electron chi connectivity index (χ4n) is 1.99. The van der Waals surface area contributed by atoms with Crippen molar-refractivity contribution in [2.24, 2.45) is 0 Å². The molecule has 0 bridgehead atoms. The molecule has 0 unspecified atom stereocenters. The summed E-state index contributed by atoms with van der Waals surface area (Å²) in [6.45, 7) is 0.293. The lowest BCUT2D eigenvalue weighted by atomic mass is 10.2. The van der Waals surface area contributed by atoms with Crippen LogP contribution in [0.1, 0.15) is 28.8 Å². The summed E-state index contributed by atoms with van der Waals surface area (Å²) in [6, 6.07) is 6.54. The maximum Gasteiger partial charge on any atom is 0.418 e. The number of alkyl halides is 3. The standard InChI is InChI=1S/C16H16F3N3O2S/c17-16(18,19)12-4-1-2-5-13(12)21-22-14(23)6-3-8-20-15(24)11-7-9-25-10-11/h1-2,4-5,7,9-10,21H,3,6,8H2,(H,20,24)(H,22,23). The highest BCUT2D eigenvalue weighted by atomic mass is 32.1. The third-order valence-electron chi connectivity index (χ3n) is 3.22. The summed E-state index contributed by atoms with van der Waals surface area (Å²) < 4.78 is 38.5. The van der Waals surface area contributed by atoms with E-state index >= 15 is 0 Å². The minimum atomic E-state index is -4.51. The van der Waals surface area contributed by atoms with Gasteiger partial charge in [0.25, 0.3) is 5.91 Å². The van der Waals surface area contributed by atoms with Crippen LogP contribution in [0.4, 0.5) is 18.9 Å². The Kier molecular flexibility index (Phi) is 6.40. The Morgan fingerprint density at radius 1 is 1.12 bits per heavy atom. The number of carbonyl (C=O) groups excluding carboxylic acids is 2. The lowest BCUT2D eigenvalue weighted by Gasteiger charge is -2.14. The number of halogens is 3. The number of hydrogen-bond acceptors (Lipinski definition) is 4.